The van der Waals surface area contributed by atoms with Gasteiger partial charge in [-0.1, -0.05) is 12.1 Å². The zero-order chi connectivity index (χ0) is 19.1. The van der Waals surface area contributed by atoms with E-state index in [0.29, 0.717) is 5.56 Å². The highest BCUT2D eigenvalue weighted by Crippen LogP contribution is 2.22. The van der Waals surface area contributed by atoms with Crippen molar-refractivity contribution in [1.82, 2.24) is 5.32 Å². The molecule has 8 nitrogen and oxygen atoms in total. The van der Waals surface area contributed by atoms with E-state index in [1.165, 1.54) is 6.07 Å². The molecule has 0 aliphatic carbocycles. The van der Waals surface area contributed by atoms with E-state index in [9.17, 15) is 19.2 Å². The summed E-state index contributed by atoms with van der Waals surface area (Å²) in [6.45, 7) is -0.920. The summed E-state index contributed by atoms with van der Waals surface area (Å²) >= 11 is 3.14. The molecule has 0 bridgehead atoms. The maximum Gasteiger partial charge on any atom is 0.325 e. The quantitative estimate of drug-likeness (QED) is 0.402. The van der Waals surface area contributed by atoms with Gasteiger partial charge in [-0.15, -0.1) is 11.3 Å². The minimum absolute atomic E-state index is 0.180. The molecule has 4 N–H and O–H groups in total. The number of amides is 3. The topological polar surface area (TPSA) is 128 Å². The molecule has 2 rings (SSSR count). The molecule has 0 saturated carbocycles. The van der Waals surface area contributed by atoms with Crippen LogP contribution < -0.4 is 16.4 Å². The van der Waals surface area contributed by atoms with E-state index in [1.807, 2.05) is 22.6 Å². The zero-order valence-corrected chi connectivity index (χ0v) is 16.3. The number of hydrogen-bond donors (Lipinski definition) is 3. The molecule has 1 aromatic heterocycles. The Bertz CT molecular complexity index is 852. The van der Waals surface area contributed by atoms with Crippen LogP contribution in [0.2, 0.25) is 0 Å². The summed E-state index contributed by atoms with van der Waals surface area (Å²) in [4.78, 5) is 46.6. The number of hydrogen-bond acceptors (Lipinski definition) is 6. The van der Waals surface area contributed by atoms with Gasteiger partial charge in [-0.2, -0.15) is 0 Å². The summed E-state index contributed by atoms with van der Waals surface area (Å²) < 4.78 is 5.54. The maximum absolute atomic E-state index is 12.0. The molecule has 0 saturated heterocycles. The Morgan fingerprint density at radius 3 is 2.54 bits per heavy atom. The first-order valence-electron chi connectivity index (χ1n) is 7.24. The number of anilines is 1. The molecule has 26 heavy (non-hydrogen) atoms. The van der Waals surface area contributed by atoms with E-state index in [4.69, 9.17) is 10.5 Å². The van der Waals surface area contributed by atoms with Crippen molar-refractivity contribution in [2.24, 2.45) is 5.73 Å². The third-order valence-electron chi connectivity index (χ3n) is 3.06. The lowest BCUT2D eigenvalue weighted by Crippen LogP contribution is -2.32. The van der Waals surface area contributed by atoms with Gasteiger partial charge in [0.1, 0.15) is 11.5 Å². The van der Waals surface area contributed by atoms with Crippen molar-refractivity contribution in [3.63, 3.8) is 0 Å². The lowest BCUT2D eigenvalue weighted by molar-refractivity contribution is -0.146. The van der Waals surface area contributed by atoms with Crippen LogP contribution in [0.1, 0.15) is 20.7 Å². The average molecular weight is 487 g/mol. The second-order valence-electron chi connectivity index (χ2n) is 4.90. The number of thiophene rings is 1. The number of rotatable bonds is 7. The van der Waals surface area contributed by atoms with Gasteiger partial charge < -0.3 is 21.1 Å². The van der Waals surface area contributed by atoms with E-state index < -0.39 is 30.3 Å². The van der Waals surface area contributed by atoms with E-state index >= 15 is 0 Å². The highest BCUT2D eigenvalue weighted by atomic mass is 127. The zero-order valence-electron chi connectivity index (χ0n) is 13.3. The Hall–Kier alpha value is -2.47. The van der Waals surface area contributed by atoms with Crippen LogP contribution in [0.15, 0.2) is 35.7 Å². The number of nitrogens with one attached hydrogen (secondary N) is 2. The van der Waals surface area contributed by atoms with Crippen molar-refractivity contribution >= 4 is 62.6 Å². The van der Waals surface area contributed by atoms with Crippen LogP contribution in [0.4, 0.5) is 5.00 Å². The first-order chi connectivity index (χ1) is 12.4. The molecular formula is C16H14IN3O5S. The number of nitrogens with two attached hydrogens (primary N) is 1. The highest BCUT2D eigenvalue weighted by molar-refractivity contribution is 14.1. The predicted molar refractivity (Wildman–Crippen MR) is 104 cm³/mol. The standard InChI is InChI=1S/C16H14IN3O5S/c17-11-4-2-1-3-9(11)15(24)19-7-13(22)25-8-12(21)20-16-10(14(18)23)5-6-26-16/h1-6H,7-8H2,(H2,18,23)(H,19,24)(H,20,21). The van der Waals surface area contributed by atoms with Crippen molar-refractivity contribution in [2.45, 2.75) is 0 Å². The van der Waals surface area contributed by atoms with Crippen molar-refractivity contribution in [3.05, 3.63) is 50.4 Å². The molecule has 3 amide bonds. The monoisotopic (exact) mass is 487 g/mol. The Morgan fingerprint density at radius 2 is 1.85 bits per heavy atom. The highest BCUT2D eigenvalue weighted by Gasteiger charge is 2.15. The van der Waals surface area contributed by atoms with Crippen LogP contribution in [-0.2, 0) is 14.3 Å². The minimum Gasteiger partial charge on any atom is -0.454 e. The number of carbonyl (C=O) groups excluding carboxylic acids is 4. The molecule has 0 unspecified atom stereocenters. The molecule has 10 heteroatoms. The van der Waals surface area contributed by atoms with Gasteiger partial charge >= 0.3 is 5.97 Å². The number of primary amides is 1. The van der Waals surface area contributed by atoms with Crippen molar-refractivity contribution in [1.29, 1.82) is 0 Å². The van der Waals surface area contributed by atoms with Gasteiger partial charge in [0.25, 0.3) is 17.7 Å². The van der Waals surface area contributed by atoms with E-state index in [2.05, 4.69) is 10.6 Å². The van der Waals surface area contributed by atoms with Crippen LogP contribution in [0.3, 0.4) is 0 Å². The van der Waals surface area contributed by atoms with Crippen LogP contribution in [-0.4, -0.2) is 36.8 Å². The molecule has 2 aromatic rings. The normalized spacial score (nSPS) is 10.0. The van der Waals surface area contributed by atoms with Crippen LogP contribution >= 0.6 is 33.9 Å². The first-order valence-corrected chi connectivity index (χ1v) is 9.20. The van der Waals surface area contributed by atoms with Gasteiger partial charge in [0.05, 0.1) is 11.1 Å². The third kappa shape index (κ3) is 5.52. The summed E-state index contributed by atoms with van der Waals surface area (Å²) in [5, 5.41) is 6.74. The Balaban J connectivity index is 1.77. The van der Waals surface area contributed by atoms with Gasteiger partial charge in [0.2, 0.25) is 0 Å². The van der Waals surface area contributed by atoms with E-state index in [1.54, 1.807) is 29.6 Å². The summed E-state index contributed by atoms with van der Waals surface area (Å²) in [5.74, 6) is -2.47. The lowest BCUT2D eigenvalue weighted by Gasteiger charge is -2.08. The molecule has 0 aliphatic heterocycles. The van der Waals surface area contributed by atoms with E-state index in [-0.39, 0.29) is 17.1 Å². The molecule has 1 aromatic carbocycles. The Morgan fingerprint density at radius 1 is 1.12 bits per heavy atom. The fraction of sp³-hybridized carbons (Fsp3) is 0.125. The molecule has 0 radical (unpaired) electrons. The number of carbonyl (C=O) groups is 4. The maximum atomic E-state index is 12.0. The fourth-order valence-corrected chi connectivity index (χ4v) is 3.29. The van der Waals surface area contributed by atoms with Gasteiger partial charge in [-0.25, -0.2) is 0 Å². The van der Waals surface area contributed by atoms with Crippen molar-refractivity contribution < 1.29 is 23.9 Å². The number of benzene rings is 1. The SMILES string of the molecule is NC(=O)c1ccsc1NC(=O)COC(=O)CNC(=O)c1ccccc1I. The molecule has 0 spiro atoms. The largest absolute Gasteiger partial charge is 0.454 e. The smallest absolute Gasteiger partial charge is 0.325 e. The second kappa shape index (κ2) is 9.29. The summed E-state index contributed by atoms with van der Waals surface area (Å²) in [6.07, 6.45) is 0. The molecule has 1 heterocycles. The summed E-state index contributed by atoms with van der Waals surface area (Å²) in [6, 6.07) is 8.39. The second-order valence-corrected chi connectivity index (χ2v) is 6.98. The first kappa shape index (κ1) is 19.8. The molecule has 136 valence electrons. The Kier molecular flexibility index (Phi) is 7.09. The molecule has 0 atom stereocenters. The predicted octanol–water partition coefficient (Wildman–Crippen LogP) is 1.36. The van der Waals surface area contributed by atoms with Gasteiger partial charge in [-0.05, 0) is 46.2 Å². The van der Waals surface area contributed by atoms with Crippen molar-refractivity contribution in [3.8, 4) is 0 Å². The summed E-state index contributed by atoms with van der Waals surface area (Å²) in [7, 11) is 0. The van der Waals surface area contributed by atoms with Crippen LogP contribution in [0.5, 0.6) is 0 Å². The van der Waals surface area contributed by atoms with E-state index in [0.717, 1.165) is 14.9 Å². The van der Waals surface area contributed by atoms with Crippen molar-refractivity contribution in [2.75, 3.05) is 18.5 Å². The van der Waals surface area contributed by atoms with Gasteiger partial charge in [0.15, 0.2) is 6.61 Å². The van der Waals surface area contributed by atoms with Gasteiger partial charge in [0, 0.05) is 3.57 Å². The number of halogens is 1. The average Bonchev–Trinajstić information content (AvgIpc) is 3.06. The lowest BCUT2D eigenvalue weighted by atomic mass is 10.2. The minimum atomic E-state index is -0.763. The van der Waals surface area contributed by atoms with Crippen LogP contribution in [0.25, 0.3) is 0 Å². The third-order valence-corrected chi connectivity index (χ3v) is 4.83. The molecule has 0 fully saturated rings. The Labute approximate surface area is 166 Å². The number of ether oxygens (including phenoxy) is 1. The van der Waals surface area contributed by atoms with Crippen LogP contribution in [0, 0.1) is 3.57 Å². The molecule has 0 aliphatic rings. The van der Waals surface area contributed by atoms with Gasteiger partial charge in [-0.3, -0.25) is 19.2 Å². The summed E-state index contributed by atoms with van der Waals surface area (Å²) in [5.41, 5.74) is 5.79. The molecular weight excluding hydrogens is 473 g/mol. The fourth-order valence-electron chi connectivity index (χ4n) is 1.85. The number of esters is 1.